The molecule has 1 aliphatic rings. The Balaban J connectivity index is 2.12. The first-order valence-corrected chi connectivity index (χ1v) is 5.88. The van der Waals surface area contributed by atoms with E-state index >= 15 is 0 Å². The number of aliphatic carboxylic acids is 1. The van der Waals surface area contributed by atoms with Crippen molar-refractivity contribution in [2.24, 2.45) is 5.92 Å². The summed E-state index contributed by atoms with van der Waals surface area (Å²) in [4.78, 5) is 17.4. The van der Waals surface area contributed by atoms with Gasteiger partial charge in [0.2, 0.25) is 0 Å². The van der Waals surface area contributed by atoms with Crippen LogP contribution in [0.4, 0.5) is 0 Å². The molecule has 1 heterocycles. The monoisotopic (exact) mass is 234 g/mol. The lowest BCUT2D eigenvalue weighted by Gasteiger charge is -2.35. The highest BCUT2D eigenvalue weighted by atomic mass is 16.4. The average molecular weight is 234 g/mol. The molecular formula is C13H18N2O2. The standard InChI is InChI=1S/C13H18N2O2/c1-13(12(16)17,11-5-6-11)15(2)9-10-4-3-7-14-8-10/h3-4,7-8,11H,5-6,9H2,1-2H3,(H,16,17). The first-order valence-electron chi connectivity index (χ1n) is 5.88. The van der Waals surface area contributed by atoms with Crippen molar-refractivity contribution >= 4 is 5.97 Å². The Morgan fingerprint density at radius 2 is 2.35 bits per heavy atom. The largest absolute Gasteiger partial charge is 0.480 e. The molecule has 1 aromatic heterocycles. The summed E-state index contributed by atoms with van der Waals surface area (Å²) >= 11 is 0. The molecule has 1 aromatic rings. The van der Waals surface area contributed by atoms with E-state index in [1.807, 2.05) is 31.0 Å². The quantitative estimate of drug-likeness (QED) is 0.843. The summed E-state index contributed by atoms with van der Waals surface area (Å²) in [5.41, 5.74) is 0.290. The van der Waals surface area contributed by atoms with Crippen molar-refractivity contribution in [3.63, 3.8) is 0 Å². The van der Waals surface area contributed by atoms with E-state index < -0.39 is 11.5 Å². The van der Waals surface area contributed by atoms with Crippen LogP contribution < -0.4 is 0 Å². The fourth-order valence-corrected chi connectivity index (χ4v) is 2.22. The number of pyridine rings is 1. The molecule has 1 atom stereocenters. The third-order valence-corrected chi connectivity index (χ3v) is 3.74. The Labute approximate surface area is 101 Å². The van der Waals surface area contributed by atoms with Crippen LogP contribution in [-0.2, 0) is 11.3 Å². The Hall–Kier alpha value is -1.42. The van der Waals surface area contributed by atoms with Gasteiger partial charge >= 0.3 is 5.97 Å². The van der Waals surface area contributed by atoms with Crippen LogP contribution in [0.25, 0.3) is 0 Å². The minimum absolute atomic E-state index is 0.279. The fourth-order valence-electron chi connectivity index (χ4n) is 2.22. The minimum atomic E-state index is -0.754. The highest BCUT2D eigenvalue weighted by molar-refractivity contribution is 5.79. The van der Waals surface area contributed by atoms with Gasteiger partial charge in [0.05, 0.1) is 0 Å². The average Bonchev–Trinajstić information content (AvgIpc) is 3.13. The second-order valence-electron chi connectivity index (χ2n) is 4.94. The predicted molar refractivity (Wildman–Crippen MR) is 64.5 cm³/mol. The van der Waals surface area contributed by atoms with Gasteiger partial charge in [-0.25, -0.2) is 0 Å². The second kappa shape index (κ2) is 4.45. The first kappa shape index (κ1) is 12.0. The number of nitrogens with zero attached hydrogens (tertiary/aromatic N) is 2. The van der Waals surface area contributed by atoms with Gasteiger partial charge < -0.3 is 5.11 Å². The molecule has 1 aliphatic carbocycles. The maximum absolute atomic E-state index is 11.5. The molecule has 0 radical (unpaired) electrons. The van der Waals surface area contributed by atoms with Crippen molar-refractivity contribution in [3.05, 3.63) is 30.1 Å². The van der Waals surface area contributed by atoms with E-state index in [0.717, 1.165) is 18.4 Å². The zero-order chi connectivity index (χ0) is 12.5. The highest BCUT2D eigenvalue weighted by Gasteiger charge is 2.50. The van der Waals surface area contributed by atoms with Gasteiger partial charge in [0, 0.05) is 18.9 Å². The van der Waals surface area contributed by atoms with Gasteiger partial charge in [-0.05, 0) is 44.4 Å². The molecule has 4 heteroatoms. The number of likely N-dealkylation sites (N-methyl/N-ethyl adjacent to an activating group) is 1. The van der Waals surface area contributed by atoms with Crippen molar-refractivity contribution in [3.8, 4) is 0 Å². The summed E-state index contributed by atoms with van der Waals surface area (Å²) in [5, 5.41) is 9.43. The summed E-state index contributed by atoms with van der Waals surface area (Å²) in [7, 11) is 1.87. The van der Waals surface area contributed by atoms with Gasteiger partial charge in [0.25, 0.3) is 0 Å². The van der Waals surface area contributed by atoms with E-state index in [2.05, 4.69) is 4.98 Å². The third-order valence-electron chi connectivity index (χ3n) is 3.74. The van der Waals surface area contributed by atoms with E-state index in [1.54, 1.807) is 12.4 Å². The molecule has 1 saturated carbocycles. The van der Waals surface area contributed by atoms with E-state index in [4.69, 9.17) is 0 Å². The van der Waals surface area contributed by atoms with Gasteiger partial charge in [-0.15, -0.1) is 0 Å². The SMILES string of the molecule is CN(Cc1cccnc1)C(C)(C(=O)O)C1CC1. The lowest BCUT2D eigenvalue weighted by Crippen LogP contribution is -2.51. The molecule has 0 bridgehead atoms. The zero-order valence-corrected chi connectivity index (χ0v) is 10.3. The van der Waals surface area contributed by atoms with E-state index in [9.17, 15) is 9.90 Å². The number of carboxylic acid groups (broad SMARTS) is 1. The van der Waals surface area contributed by atoms with Crippen molar-refractivity contribution in [1.29, 1.82) is 0 Å². The van der Waals surface area contributed by atoms with Crippen molar-refractivity contribution in [2.75, 3.05) is 7.05 Å². The number of carbonyl (C=O) groups is 1. The molecule has 1 fully saturated rings. The summed E-state index contributed by atoms with van der Waals surface area (Å²) in [5.74, 6) is -0.451. The Morgan fingerprint density at radius 3 is 2.82 bits per heavy atom. The molecule has 0 spiro atoms. The summed E-state index contributed by atoms with van der Waals surface area (Å²) < 4.78 is 0. The normalized spacial score (nSPS) is 19.0. The third kappa shape index (κ3) is 2.31. The highest BCUT2D eigenvalue weighted by Crippen LogP contribution is 2.43. The summed E-state index contributed by atoms with van der Waals surface area (Å²) in [6, 6.07) is 3.84. The Bertz CT molecular complexity index is 403. The first-order chi connectivity index (χ1) is 8.05. The van der Waals surface area contributed by atoms with Crippen LogP contribution in [0.1, 0.15) is 25.3 Å². The zero-order valence-electron chi connectivity index (χ0n) is 10.3. The van der Waals surface area contributed by atoms with Crippen LogP contribution in [0.2, 0.25) is 0 Å². The molecule has 2 rings (SSSR count). The molecule has 0 amide bonds. The van der Waals surface area contributed by atoms with E-state index in [-0.39, 0.29) is 5.92 Å². The topological polar surface area (TPSA) is 53.4 Å². The van der Waals surface area contributed by atoms with Crippen molar-refractivity contribution in [2.45, 2.75) is 31.8 Å². The van der Waals surface area contributed by atoms with E-state index in [1.165, 1.54) is 0 Å². The molecule has 0 saturated heterocycles. The fraction of sp³-hybridized carbons (Fsp3) is 0.538. The van der Waals surface area contributed by atoms with Gasteiger partial charge in [-0.3, -0.25) is 14.7 Å². The molecular weight excluding hydrogens is 216 g/mol. The number of rotatable bonds is 5. The smallest absolute Gasteiger partial charge is 0.324 e. The molecule has 1 unspecified atom stereocenters. The molecule has 1 N–H and O–H groups in total. The van der Waals surface area contributed by atoms with Crippen LogP contribution in [0.3, 0.4) is 0 Å². The number of hydrogen-bond donors (Lipinski definition) is 1. The molecule has 0 aromatic carbocycles. The van der Waals surface area contributed by atoms with Crippen molar-refractivity contribution in [1.82, 2.24) is 9.88 Å². The Morgan fingerprint density at radius 1 is 1.65 bits per heavy atom. The van der Waals surface area contributed by atoms with Gasteiger partial charge in [0.15, 0.2) is 0 Å². The lowest BCUT2D eigenvalue weighted by atomic mass is 9.93. The molecule has 17 heavy (non-hydrogen) atoms. The van der Waals surface area contributed by atoms with Crippen LogP contribution in [0, 0.1) is 5.92 Å². The maximum atomic E-state index is 11.5. The molecule has 4 nitrogen and oxygen atoms in total. The summed E-state index contributed by atoms with van der Waals surface area (Å²) in [6.07, 6.45) is 5.53. The molecule has 92 valence electrons. The Kier molecular flexibility index (Phi) is 3.15. The summed E-state index contributed by atoms with van der Waals surface area (Å²) in [6.45, 7) is 2.44. The minimum Gasteiger partial charge on any atom is -0.480 e. The molecule has 0 aliphatic heterocycles. The lowest BCUT2D eigenvalue weighted by molar-refractivity contribution is -0.151. The van der Waals surface area contributed by atoms with Crippen LogP contribution >= 0.6 is 0 Å². The maximum Gasteiger partial charge on any atom is 0.324 e. The van der Waals surface area contributed by atoms with Crippen LogP contribution in [-0.4, -0.2) is 33.5 Å². The predicted octanol–water partition coefficient (Wildman–Crippen LogP) is 1.77. The van der Waals surface area contributed by atoms with Crippen LogP contribution in [0.5, 0.6) is 0 Å². The van der Waals surface area contributed by atoms with Gasteiger partial charge in [0.1, 0.15) is 5.54 Å². The van der Waals surface area contributed by atoms with Gasteiger partial charge in [-0.2, -0.15) is 0 Å². The number of aromatic nitrogens is 1. The second-order valence-corrected chi connectivity index (χ2v) is 4.94. The van der Waals surface area contributed by atoms with Crippen LogP contribution in [0.15, 0.2) is 24.5 Å². The van der Waals surface area contributed by atoms with Gasteiger partial charge in [-0.1, -0.05) is 6.07 Å². The number of hydrogen-bond acceptors (Lipinski definition) is 3. The van der Waals surface area contributed by atoms with E-state index in [0.29, 0.717) is 6.54 Å². The van der Waals surface area contributed by atoms with Crippen molar-refractivity contribution < 1.29 is 9.90 Å². The number of carboxylic acids is 1.